The SMILES string of the molecule is Cc1cc(F)c(NC(=O)OCC(Cl)(Cl)Cl)cc1-c1cc(OCCO[Si](C)(C)C(C)(C)C)nc(C2=CCOCC2)c1. The van der Waals surface area contributed by atoms with Crippen LogP contribution in [0.5, 0.6) is 5.88 Å². The van der Waals surface area contributed by atoms with Gasteiger partial charge in [-0.1, -0.05) is 61.7 Å². The van der Waals surface area contributed by atoms with Gasteiger partial charge in [-0.15, -0.1) is 0 Å². The average Bonchev–Trinajstić information content (AvgIpc) is 2.86. The molecule has 0 atom stereocenters. The monoisotopic (exact) mass is 632 g/mol. The number of nitrogens with zero attached hydrogens (tertiary/aromatic N) is 1. The molecule has 1 aromatic carbocycles. The third-order valence-corrected chi connectivity index (χ3v) is 11.8. The number of anilines is 1. The number of rotatable bonds is 9. The van der Waals surface area contributed by atoms with Gasteiger partial charge in [0, 0.05) is 6.07 Å². The van der Waals surface area contributed by atoms with Crippen molar-refractivity contribution in [2.24, 2.45) is 0 Å². The van der Waals surface area contributed by atoms with Crippen LogP contribution >= 0.6 is 34.8 Å². The molecule has 0 aliphatic carbocycles. The average molecular weight is 634 g/mol. The van der Waals surface area contributed by atoms with Crippen LogP contribution in [-0.2, 0) is 13.9 Å². The van der Waals surface area contributed by atoms with Crippen molar-refractivity contribution in [1.82, 2.24) is 4.98 Å². The number of amides is 1. The number of aryl methyl sites for hydroxylation is 1. The van der Waals surface area contributed by atoms with Gasteiger partial charge >= 0.3 is 6.09 Å². The number of ether oxygens (including phenoxy) is 3. The number of pyridine rings is 1. The van der Waals surface area contributed by atoms with Crippen LogP contribution in [0.1, 0.15) is 38.4 Å². The van der Waals surface area contributed by atoms with Crippen molar-refractivity contribution in [3.8, 4) is 17.0 Å². The van der Waals surface area contributed by atoms with Gasteiger partial charge in [0.25, 0.3) is 0 Å². The predicted octanol–water partition coefficient (Wildman–Crippen LogP) is 8.32. The Morgan fingerprint density at radius 1 is 1.15 bits per heavy atom. The summed E-state index contributed by atoms with van der Waals surface area (Å²) in [6.45, 7) is 14.1. The fraction of sp³-hybridized carbons (Fsp3) is 0.500. The smallest absolute Gasteiger partial charge is 0.411 e. The number of alkyl halides is 3. The number of aromatic nitrogens is 1. The minimum Gasteiger partial charge on any atom is -0.475 e. The second-order valence-electron chi connectivity index (χ2n) is 11.1. The summed E-state index contributed by atoms with van der Waals surface area (Å²) in [7, 11) is -1.92. The number of benzene rings is 1. The van der Waals surface area contributed by atoms with Crippen molar-refractivity contribution >= 4 is 60.5 Å². The van der Waals surface area contributed by atoms with E-state index < -0.39 is 30.6 Å². The first-order chi connectivity index (χ1) is 18.6. The van der Waals surface area contributed by atoms with Crippen molar-refractivity contribution in [2.75, 3.05) is 38.4 Å². The second kappa shape index (κ2) is 13.4. The maximum atomic E-state index is 14.8. The topological polar surface area (TPSA) is 78.9 Å². The van der Waals surface area contributed by atoms with Crippen LogP contribution in [0.2, 0.25) is 18.1 Å². The van der Waals surface area contributed by atoms with E-state index in [9.17, 15) is 9.18 Å². The van der Waals surface area contributed by atoms with Crippen LogP contribution in [0.25, 0.3) is 16.7 Å². The van der Waals surface area contributed by atoms with Crippen LogP contribution in [0.3, 0.4) is 0 Å². The molecule has 12 heteroatoms. The highest BCUT2D eigenvalue weighted by atomic mass is 35.6. The first-order valence-electron chi connectivity index (χ1n) is 12.9. The van der Waals surface area contributed by atoms with Gasteiger partial charge in [0.2, 0.25) is 9.67 Å². The molecule has 7 nitrogen and oxygen atoms in total. The van der Waals surface area contributed by atoms with Gasteiger partial charge < -0.3 is 18.6 Å². The maximum Gasteiger partial charge on any atom is 0.411 e. The minimum absolute atomic E-state index is 0.0798. The normalized spacial score (nSPS) is 14.5. The molecule has 1 aliphatic heterocycles. The van der Waals surface area contributed by atoms with Crippen LogP contribution in [-0.4, -0.2) is 56.2 Å². The van der Waals surface area contributed by atoms with E-state index >= 15 is 0 Å². The van der Waals surface area contributed by atoms with Gasteiger partial charge in [-0.25, -0.2) is 14.2 Å². The number of carbonyl (C=O) groups excluding carboxylic acids is 1. The van der Waals surface area contributed by atoms with E-state index in [2.05, 4.69) is 39.2 Å². The van der Waals surface area contributed by atoms with E-state index in [0.29, 0.717) is 49.9 Å². The molecule has 0 radical (unpaired) electrons. The van der Waals surface area contributed by atoms with Crippen molar-refractivity contribution in [3.63, 3.8) is 0 Å². The zero-order chi connectivity index (χ0) is 29.7. The lowest BCUT2D eigenvalue weighted by Gasteiger charge is -2.36. The van der Waals surface area contributed by atoms with Crippen LogP contribution in [0.4, 0.5) is 14.9 Å². The first-order valence-corrected chi connectivity index (χ1v) is 17.0. The fourth-order valence-electron chi connectivity index (χ4n) is 3.69. The molecule has 1 aliphatic rings. The number of nitrogens with one attached hydrogen (secondary N) is 1. The molecule has 0 saturated heterocycles. The molecule has 3 rings (SSSR count). The molecule has 220 valence electrons. The van der Waals surface area contributed by atoms with Gasteiger partial charge in [-0.3, -0.25) is 5.32 Å². The lowest BCUT2D eigenvalue weighted by atomic mass is 9.97. The zero-order valence-electron chi connectivity index (χ0n) is 23.6. The molecule has 2 aromatic rings. The van der Waals surface area contributed by atoms with E-state index in [-0.39, 0.29) is 10.7 Å². The lowest BCUT2D eigenvalue weighted by molar-refractivity contribution is 0.161. The van der Waals surface area contributed by atoms with Gasteiger partial charge in [0.15, 0.2) is 8.32 Å². The summed E-state index contributed by atoms with van der Waals surface area (Å²) < 4.78 is 35.7. The summed E-state index contributed by atoms with van der Waals surface area (Å²) in [5.41, 5.74) is 3.77. The number of hydrogen-bond acceptors (Lipinski definition) is 6. The van der Waals surface area contributed by atoms with E-state index in [1.165, 1.54) is 12.1 Å². The summed E-state index contributed by atoms with van der Waals surface area (Å²) in [6.07, 6.45) is 1.74. The number of halogens is 4. The van der Waals surface area contributed by atoms with Gasteiger partial charge in [-0.05, 0) is 71.9 Å². The molecular formula is C28H36Cl3FN2O5Si. The maximum absolute atomic E-state index is 14.8. The molecule has 1 N–H and O–H groups in total. The molecule has 0 spiro atoms. The molecule has 0 unspecified atom stereocenters. The predicted molar refractivity (Wildman–Crippen MR) is 162 cm³/mol. The Labute approximate surface area is 251 Å². The zero-order valence-corrected chi connectivity index (χ0v) is 26.9. The summed E-state index contributed by atoms with van der Waals surface area (Å²) in [6, 6.07) is 6.58. The van der Waals surface area contributed by atoms with E-state index in [4.69, 9.17) is 58.4 Å². The Morgan fingerprint density at radius 3 is 2.50 bits per heavy atom. The molecule has 0 fully saturated rings. The molecule has 2 heterocycles. The van der Waals surface area contributed by atoms with E-state index in [1.54, 1.807) is 13.0 Å². The van der Waals surface area contributed by atoms with E-state index in [1.807, 2.05) is 12.1 Å². The molecule has 0 saturated carbocycles. The first kappa shape index (κ1) is 32.6. The summed E-state index contributed by atoms with van der Waals surface area (Å²) in [5.74, 6) is -0.216. The molecule has 0 bridgehead atoms. The Balaban J connectivity index is 1.89. The quantitative estimate of drug-likeness (QED) is 0.170. The third kappa shape index (κ3) is 9.32. The van der Waals surface area contributed by atoms with Crippen molar-refractivity contribution < 1.29 is 27.8 Å². The summed E-state index contributed by atoms with van der Waals surface area (Å²) >= 11 is 16.9. The van der Waals surface area contributed by atoms with E-state index in [0.717, 1.165) is 16.8 Å². The van der Waals surface area contributed by atoms with Gasteiger partial charge in [-0.2, -0.15) is 0 Å². The molecular weight excluding hydrogens is 598 g/mol. The van der Waals surface area contributed by atoms with Crippen LogP contribution in [0, 0.1) is 12.7 Å². The van der Waals surface area contributed by atoms with Crippen LogP contribution in [0.15, 0.2) is 30.3 Å². The lowest BCUT2D eigenvalue weighted by Crippen LogP contribution is -2.41. The highest BCUT2D eigenvalue weighted by molar-refractivity contribution is 6.74. The van der Waals surface area contributed by atoms with Crippen molar-refractivity contribution in [2.45, 2.75) is 56.0 Å². The Kier molecular flexibility index (Phi) is 10.9. The minimum atomic E-state index is -1.92. The Hall–Kier alpha value is -1.88. The van der Waals surface area contributed by atoms with Crippen molar-refractivity contribution in [1.29, 1.82) is 0 Å². The third-order valence-electron chi connectivity index (χ3n) is 6.93. The second-order valence-corrected chi connectivity index (χ2v) is 18.4. The molecule has 1 amide bonds. The summed E-state index contributed by atoms with van der Waals surface area (Å²) in [5, 5.41) is 2.47. The fourth-order valence-corrected chi connectivity index (χ4v) is 4.88. The van der Waals surface area contributed by atoms with Gasteiger partial charge in [0.05, 0.1) is 31.2 Å². The van der Waals surface area contributed by atoms with Gasteiger partial charge in [0.1, 0.15) is 19.0 Å². The Morgan fingerprint density at radius 2 is 1.88 bits per heavy atom. The highest BCUT2D eigenvalue weighted by Crippen LogP contribution is 2.37. The van der Waals surface area contributed by atoms with Crippen molar-refractivity contribution in [3.05, 3.63) is 47.4 Å². The summed E-state index contributed by atoms with van der Waals surface area (Å²) in [4.78, 5) is 16.9. The van der Waals surface area contributed by atoms with Crippen LogP contribution < -0.4 is 10.1 Å². The molecule has 1 aromatic heterocycles. The Bertz CT molecular complexity index is 1250. The largest absolute Gasteiger partial charge is 0.475 e. The number of carbonyl (C=O) groups is 1. The standard InChI is InChI=1S/C28H36Cl3FN2O5Si/c1-18-13-22(32)24(34-26(35)38-17-28(29,30)31)16-21(18)20-14-23(19-7-9-36-10-8-19)33-25(15-20)37-11-12-39-40(5,6)27(2,3)4/h7,13-16H,8-12,17H2,1-6H3,(H,34,35). The highest BCUT2D eigenvalue weighted by Gasteiger charge is 2.37. The molecule has 40 heavy (non-hydrogen) atoms. The number of hydrogen-bond donors (Lipinski definition) is 1.